The standard InChI is InChI=1S/C17H27N3O3/c1-13(11-19(2)3)17(22)20-7-4-14(5-8-20)10-18-16(21)15-6-9-23-12-15/h6,9,12-14H,4-5,7-8,10-11H2,1-3H3,(H,18,21). The fourth-order valence-corrected chi connectivity index (χ4v) is 3.03. The summed E-state index contributed by atoms with van der Waals surface area (Å²) >= 11 is 0. The molecule has 2 amide bonds. The summed E-state index contributed by atoms with van der Waals surface area (Å²) in [6.45, 7) is 4.98. The van der Waals surface area contributed by atoms with Gasteiger partial charge in [-0.25, -0.2) is 0 Å². The monoisotopic (exact) mass is 321 g/mol. The molecule has 1 aromatic heterocycles. The third-order valence-corrected chi connectivity index (χ3v) is 4.32. The highest BCUT2D eigenvalue weighted by Gasteiger charge is 2.26. The molecule has 0 bridgehead atoms. The minimum absolute atomic E-state index is 0.0299. The normalized spacial score (nSPS) is 17.3. The Morgan fingerprint density at radius 2 is 2.09 bits per heavy atom. The lowest BCUT2D eigenvalue weighted by Gasteiger charge is -2.34. The number of likely N-dealkylation sites (tertiary alicyclic amines) is 1. The van der Waals surface area contributed by atoms with Crippen molar-refractivity contribution >= 4 is 11.8 Å². The maximum Gasteiger partial charge on any atom is 0.254 e. The van der Waals surface area contributed by atoms with E-state index in [1.807, 2.05) is 30.8 Å². The molecule has 23 heavy (non-hydrogen) atoms. The number of rotatable bonds is 6. The van der Waals surface area contributed by atoms with Gasteiger partial charge in [0.05, 0.1) is 11.8 Å². The summed E-state index contributed by atoms with van der Waals surface area (Å²) in [7, 11) is 3.97. The largest absolute Gasteiger partial charge is 0.472 e. The van der Waals surface area contributed by atoms with Gasteiger partial charge in [-0.1, -0.05) is 6.92 Å². The van der Waals surface area contributed by atoms with Crippen LogP contribution in [-0.2, 0) is 4.79 Å². The predicted molar refractivity (Wildman–Crippen MR) is 88.1 cm³/mol. The number of hydrogen-bond acceptors (Lipinski definition) is 4. The molecule has 1 N–H and O–H groups in total. The molecule has 1 atom stereocenters. The maximum atomic E-state index is 12.4. The average molecular weight is 321 g/mol. The predicted octanol–water partition coefficient (Wildman–Crippen LogP) is 1.45. The van der Waals surface area contributed by atoms with Gasteiger partial charge in [0.15, 0.2) is 0 Å². The van der Waals surface area contributed by atoms with Crippen molar-refractivity contribution < 1.29 is 14.0 Å². The first-order valence-corrected chi connectivity index (χ1v) is 8.21. The zero-order valence-electron chi connectivity index (χ0n) is 14.2. The molecule has 1 fully saturated rings. The van der Waals surface area contributed by atoms with Crippen molar-refractivity contribution in [2.75, 3.05) is 40.3 Å². The molecule has 6 nitrogen and oxygen atoms in total. The van der Waals surface area contributed by atoms with Crippen molar-refractivity contribution in [1.82, 2.24) is 15.1 Å². The van der Waals surface area contributed by atoms with Crippen LogP contribution in [0.3, 0.4) is 0 Å². The second kappa shape index (κ2) is 8.15. The minimum Gasteiger partial charge on any atom is -0.472 e. The lowest BCUT2D eigenvalue weighted by Crippen LogP contribution is -2.45. The van der Waals surface area contributed by atoms with Gasteiger partial charge in [-0.05, 0) is 38.9 Å². The molecule has 1 aromatic rings. The summed E-state index contributed by atoms with van der Waals surface area (Å²) in [6.07, 6.45) is 4.81. The van der Waals surface area contributed by atoms with E-state index >= 15 is 0 Å². The van der Waals surface area contributed by atoms with Crippen LogP contribution in [0.4, 0.5) is 0 Å². The number of carbonyl (C=O) groups is 2. The molecular weight excluding hydrogens is 294 g/mol. The molecular formula is C17H27N3O3. The van der Waals surface area contributed by atoms with Crippen molar-refractivity contribution in [2.45, 2.75) is 19.8 Å². The average Bonchev–Trinajstić information content (AvgIpc) is 3.06. The second-order valence-electron chi connectivity index (χ2n) is 6.65. The number of nitrogens with one attached hydrogen (secondary N) is 1. The van der Waals surface area contributed by atoms with Gasteiger partial charge in [-0.2, -0.15) is 0 Å². The third-order valence-electron chi connectivity index (χ3n) is 4.32. The van der Waals surface area contributed by atoms with E-state index in [0.717, 1.165) is 32.5 Å². The van der Waals surface area contributed by atoms with Gasteiger partial charge < -0.3 is 19.5 Å². The van der Waals surface area contributed by atoms with E-state index in [-0.39, 0.29) is 17.7 Å². The Kier molecular flexibility index (Phi) is 6.21. The number of furan rings is 1. The second-order valence-corrected chi connectivity index (χ2v) is 6.65. The zero-order chi connectivity index (χ0) is 16.8. The fourth-order valence-electron chi connectivity index (χ4n) is 3.03. The summed E-state index contributed by atoms with van der Waals surface area (Å²) in [5.74, 6) is 0.595. The van der Waals surface area contributed by atoms with Gasteiger partial charge in [0.25, 0.3) is 5.91 Å². The number of piperidine rings is 1. The van der Waals surface area contributed by atoms with Crippen LogP contribution >= 0.6 is 0 Å². The molecule has 2 rings (SSSR count). The Morgan fingerprint density at radius 1 is 1.39 bits per heavy atom. The van der Waals surface area contributed by atoms with E-state index in [2.05, 4.69) is 5.32 Å². The molecule has 0 spiro atoms. The zero-order valence-corrected chi connectivity index (χ0v) is 14.2. The van der Waals surface area contributed by atoms with E-state index in [1.165, 1.54) is 12.5 Å². The van der Waals surface area contributed by atoms with Crippen LogP contribution in [0.15, 0.2) is 23.0 Å². The molecule has 1 unspecified atom stereocenters. The van der Waals surface area contributed by atoms with E-state index in [0.29, 0.717) is 18.0 Å². The molecule has 0 aliphatic carbocycles. The summed E-state index contributed by atoms with van der Waals surface area (Å²) in [4.78, 5) is 28.3. The molecule has 1 aliphatic heterocycles. The SMILES string of the molecule is CC(CN(C)C)C(=O)N1CCC(CNC(=O)c2ccoc2)CC1. The highest BCUT2D eigenvalue weighted by molar-refractivity contribution is 5.93. The highest BCUT2D eigenvalue weighted by atomic mass is 16.3. The molecule has 1 aliphatic rings. The van der Waals surface area contributed by atoms with E-state index in [9.17, 15) is 9.59 Å². The van der Waals surface area contributed by atoms with Crippen molar-refractivity contribution in [1.29, 1.82) is 0 Å². The quantitative estimate of drug-likeness (QED) is 0.861. The summed E-state index contributed by atoms with van der Waals surface area (Å²) in [6, 6.07) is 1.66. The van der Waals surface area contributed by atoms with Gasteiger partial charge in [-0.15, -0.1) is 0 Å². The molecule has 2 heterocycles. The van der Waals surface area contributed by atoms with E-state index < -0.39 is 0 Å². The van der Waals surface area contributed by atoms with Gasteiger partial charge >= 0.3 is 0 Å². The van der Waals surface area contributed by atoms with Crippen molar-refractivity contribution in [3.05, 3.63) is 24.2 Å². The topological polar surface area (TPSA) is 65.8 Å². The number of hydrogen-bond donors (Lipinski definition) is 1. The summed E-state index contributed by atoms with van der Waals surface area (Å²) in [5, 5.41) is 2.94. The van der Waals surface area contributed by atoms with E-state index in [4.69, 9.17) is 4.42 Å². The van der Waals surface area contributed by atoms with Crippen LogP contribution in [-0.4, -0.2) is 61.9 Å². The first-order valence-electron chi connectivity index (χ1n) is 8.21. The van der Waals surface area contributed by atoms with Gasteiger partial charge in [0.1, 0.15) is 6.26 Å². The van der Waals surface area contributed by atoms with Crippen molar-refractivity contribution in [3.63, 3.8) is 0 Å². The molecule has 0 saturated carbocycles. The first kappa shape index (κ1) is 17.5. The van der Waals surface area contributed by atoms with Crippen LogP contribution in [0.1, 0.15) is 30.1 Å². The summed E-state index contributed by atoms with van der Waals surface area (Å²) < 4.78 is 4.91. The van der Waals surface area contributed by atoms with E-state index in [1.54, 1.807) is 6.07 Å². The molecule has 128 valence electrons. The molecule has 0 aromatic carbocycles. The van der Waals surface area contributed by atoms with Crippen LogP contribution in [0, 0.1) is 11.8 Å². The fraction of sp³-hybridized carbons (Fsp3) is 0.647. The third kappa shape index (κ3) is 5.10. The Labute approximate surface area is 137 Å². The van der Waals surface area contributed by atoms with Crippen molar-refractivity contribution in [3.8, 4) is 0 Å². The van der Waals surface area contributed by atoms with Crippen molar-refractivity contribution in [2.24, 2.45) is 11.8 Å². The number of nitrogens with zero attached hydrogens (tertiary/aromatic N) is 2. The van der Waals surface area contributed by atoms with Crippen LogP contribution in [0.2, 0.25) is 0 Å². The smallest absolute Gasteiger partial charge is 0.254 e. The summed E-state index contributed by atoms with van der Waals surface area (Å²) in [5.41, 5.74) is 0.551. The Hall–Kier alpha value is -1.82. The Morgan fingerprint density at radius 3 is 2.65 bits per heavy atom. The van der Waals surface area contributed by atoms with Crippen LogP contribution in [0.5, 0.6) is 0 Å². The van der Waals surface area contributed by atoms with Crippen LogP contribution < -0.4 is 5.32 Å². The minimum atomic E-state index is -0.100. The van der Waals surface area contributed by atoms with Gasteiger partial charge in [0, 0.05) is 32.1 Å². The highest BCUT2D eigenvalue weighted by Crippen LogP contribution is 2.18. The van der Waals surface area contributed by atoms with Gasteiger partial charge in [0.2, 0.25) is 5.91 Å². The lowest BCUT2D eigenvalue weighted by molar-refractivity contribution is -0.136. The van der Waals surface area contributed by atoms with Crippen LogP contribution in [0.25, 0.3) is 0 Å². The van der Waals surface area contributed by atoms with Gasteiger partial charge in [-0.3, -0.25) is 9.59 Å². The number of carbonyl (C=O) groups excluding carboxylic acids is 2. The first-order chi connectivity index (χ1) is 11.0. The molecule has 1 saturated heterocycles. The number of amides is 2. The molecule has 0 radical (unpaired) electrons. The maximum absolute atomic E-state index is 12.4. The Balaban J connectivity index is 1.71. The lowest BCUT2D eigenvalue weighted by atomic mass is 9.95. The molecule has 6 heteroatoms. The Bertz CT molecular complexity index is 505.